The van der Waals surface area contributed by atoms with Gasteiger partial charge in [-0.3, -0.25) is 14.9 Å². The predicted molar refractivity (Wildman–Crippen MR) is 112 cm³/mol. The molecule has 0 saturated heterocycles. The van der Waals surface area contributed by atoms with Crippen molar-refractivity contribution in [2.24, 2.45) is 0 Å². The van der Waals surface area contributed by atoms with Gasteiger partial charge in [0, 0.05) is 24.4 Å². The maximum absolute atomic E-state index is 12.4. The van der Waals surface area contributed by atoms with Crippen LogP contribution in [0, 0.1) is 21.4 Å². The molecule has 2 N–H and O–H groups in total. The largest absolute Gasteiger partial charge is 0.493 e. The lowest BCUT2D eigenvalue weighted by Crippen LogP contribution is -2.18. The molecule has 0 saturated carbocycles. The van der Waals surface area contributed by atoms with Crippen molar-refractivity contribution in [1.82, 2.24) is 5.32 Å². The molecule has 0 fully saturated rings. The van der Waals surface area contributed by atoms with E-state index >= 15 is 0 Å². The molecule has 0 aliphatic heterocycles. The van der Waals surface area contributed by atoms with Crippen molar-refractivity contribution in [2.75, 3.05) is 19.5 Å². The summed E-state index contributed by atoms with van der Waals surface area (Å²) in [4.78, 5) is 22.7. The summed E-state index contributed by atoms with van der Waals surface area (Å²) < 4.78 is 10.5. The number of ether oxygens (including phenoxy) is 2. The van der Waals surface area contributed by atoms with Crippen LogP contribution in [0.1, 0.15) is 18.5 Å². The fourth-order valence-electron chi connectivity index (χ4n) is 2.49. The van der Waals surface area contributed by atoms with E-state index in [1.807, 2.05) is 13.0 Å². The van der Waals surface area contributed by atoms with Crippen LogP contribution < -0.4 is 20.1 Å². The summed E-state index contributed by atoms with van der Waals surface area (Å²) in [5.74, 6) is 0.369. The minimum Gasteiger partial charge on any atom is -0.493 e. The topological polar surface area (TPSA) is 127 Å². The molecule has 2 aromatic carbocycles. The Morgan fingerprint density at radius 2 is 1.93 bits per heavy atom. The number of nitro benzene ring substituents is 1. The second kappa shape index (κ2) is 10.1. The van der Waals surface area contributed by atoms with Gasteiger partial charge >= 0.3 is 0 Å². The van der Waals surface area contributed by atoms with Gasteiger partial charge in [0.2, 0.25) is 0 Å². The number of nitrogens with zero attached hydrogens (tertiary/aromatic N) is 2. The van der Waals surface area contributed by atoms with Crippen LogP contribution >= 0.6 is 11.6 Å². The number of methoxy groups -OCH3 is 2. The molecule has 1 atom stereocenters. The lowest BCUT2D eigenvalue weighted by Gasteiger charge is -2.15. The van der Waals surface area contributed by atoms with Crippen LogP contribution in [0.25, 0.3) is 0 Å². The predicted octanol–water partition coefficient (Wildman–Crippen LogP) is 3.96. The van der Waals surface area contributed by atoms with Gasteiger partial charge < -0.3 is 20.1 Å². The van der Waals surface area contributed by atoms with E-state index in [9.17, 15) is 20.2 Å². The van der Waals surface area contributed by atoms with Crippen molar-refractivity contribution in [3.05, 3.63) is 68.9 Å². The Kier molecular flexibility index (Phi) is 7.61. The molecule has 0 radical (unpaired) electrons. The Labute approximate surface area is 178 Å². The van der Waals surface area contributed by atoms with E-state index in [0.717, 1.165) is 11.6 Å². The fraction of sp³-hybridized carbons (Fsp3) is 0.200. The number of benzene rings is 2. The van der Waals surface area contributed by atoms with Gasteiger partial charge in [-0.05, 0) is 30.7 Å². The number of anilines is 1. The first-order valence-electron chi connectivity index (χ1n) is 8.64. The smallest absolute Gasteiger partial charge is 0.271 e. The fourth-order valence-corrected chi connectivity index (χ4v) is 2.65. The summed E-state index contributed by atoms with van der Waals surface area (Å²) in [6, 6.07) is 10.5. The van der Waals surface area contributed by atoms with Gasteiger partial charge in [0.25, 0.3) is 11.6 Å². The van der Waals surface area contributed by atoms with Gasteiger partial charge in [-0.2, -0.15) is 5.26 Å². The summed E-state index contributed by atoms with van der Waals surface area (Å²) >= 11 is 5.98. The molecule has 10 heteroatoms. The van der Waals surface area contributed by atoms with E-state index in [4.69, 9.17) is 21.1 Å². The number of amides is 1. The van der Waals surface area contributed by atoms with Crippen LogP contribution in [-0.4, -0.2) is 25.1 Å². The summed E-state index contributed by atoms with van der Waals surface area (Å²) in [6.07, 6.45) is 1.27. The molecule has 0 spiro atoms. The highest BCUT2D eigenvalue weighted by molar-refractivity contribution is 6.34. The first-order valence-corrected chi connectivity index (χ1v) is 9.02. The highest BCUT2D eigenvalue weighted by atomic mass is 35.5. The van der Waals surface area contributed by atoms with Gasteiger partial charge in [0.05, 0.1) is 29.9 Å². The molecule has 2 aromatic rings. The molecule has 9 nitrogen and oxygen atoms in total. The van der Waals surface area contributed by atoms with E-state index in [0.29, 0.717) is 11.5 Å². The van der Waals surface area contributed by atoms with Crippen LogP contribution in [0.15, 0.2) is 48.2 Å². The maximum Gasteiger partial charge on any atom is 0.271 e. The van der Waals surface area contributed by atoms with Crippen LogP contribution in [-0.2, 0) is 4.79 Å². The monoisotopic (exact) mass is 430 g/mol. The SMILES string of the molecule is COc1ccc(C(C)N/C=C(/C#N)C(=O)Nc2cc([N+](=O)[O-])ccc2Cl)cc1OC. The number of halogens is 1. The highest BCUT2D eigenvalue weighted by Crippen LogP contribution is 2.30. The van der Waals surface area contributed by atoms with Gasteiger partial charge in [0.1, 0.15) is 11.6 Å². The number of nitriles is 1. The van der Waals surface area contributed by atoms with E-state index in [-0.39, 0.29) is 28.0 Å². The summed E-state index contributed by atoms with van der Waals surface area (Å²) in [5, 5.41) is 25.7. The molecule has 0 aliphatic carbocycles. The Hall–Kier alpha value is -3.77. The molecular weight excluding hydrogens is 412 g/mol. The average molecular weight is 431 g/mol. The molecule has 30 heavy (non-hydrogen) atoms. The quantitative estimate of drug-likeness (QED) is 0.281. The van der Waals surface area contributed by atoms with Gasteiger partial charge in [-0.1, -0.05) is 17.7 Å². The Morgan fingerprint density at radius 3 is 2.53 bits per heavy atom. The number of nitro groups is 1. The van der Waals surface area contributed by atoms with Gasteiger partial charge in [-0.15, -0.1) is 0 Å². The summed E-state index contributed by atoms with van der Waals surface area (Å²) in [6.45, 7) is 1.84. The molecule has 0 bridgehead atoms. The molecule has 1 unspecified atom stereocenters. The van der Waals surface area contributed by atoms with Crippen LogP contribution in [0.3, 0.4) is 0 Å². The Bertz CT molecular complexity index is 1030. The summed E-state index contributed by atoms with van der Waals surface area (Å²) in [5.41, 5.74) is 0.399. The second-order valence-electron chi connectivity index (χ2n) is 6.05. The van der Waals surface area contributed by atoms with Gasteiger partial charge in [-0.25, -0.2) is 0 Å². The molecule has 2 rings (SSSR count). The van der Waals surface area contributed by atoms with Crippen LogP contribution in [0.4, 0.5) is 11.4 Å². The minimum absolute atomic E-state index is 0.0324. The molecule has 1 amide bonds. The number of non-ortho nitro benzene ring substituents is 1. The van der Waals surface area contributed by atoms with Crippen molar-refractivity contribution in [1.29, 1.82) is 5.26 Å². The van der Waals surface area contributed by atoms with E-state index in [2.05, 4.69) is 10.6 Å². The number of hydrogen-bond donors (Lipinski definition) is 2. The molecular formula is C20H19ClN4O5. The minimum atomic E-state index is -0.757. The number of carbonyl (C=O) groups excluding carboxylic acids is 1. The van der Waals surface area contributed by atoms with E-state index in [1.165, 1.54) is 32.6 Å². The molecule has 0 aliphatic rings. The number of nitrogens with one attached hydrogen (secondary N) is 2. The second-order valence-corrected chi connectivity index (χ2v) is 6.46. The lowest BCUT2D eigenvalue weighted by molar-refractivity contribution is -0.384. The van der Waals surface area contributed by atoms with Crippen molar-refractivity contribution in [3.63, 3.8) is 0 Å². The maximum atomic E-state index is 12.4. The van der Waals surface area contributed by atoms with E-state index in [1.54, 1.807) is 18.2 Å². The van der Waals surface area contributed by atoms with Crippen LogP contribution in [0.2, 0.25) is 5.02 Å². The normalized spacial score (nSPS) is 11.8. The Morgan fingerprint density at radius 1 is 1.23 bits per heavy atom. The van der Waals surface area contributed by atoms with Crippen molar-refractivity contribution >= 4 is 28.9 Å². The molecule has 0 heterocycles. The van der Waals surface area contributed by atoms with E-state index < -0.39 is 10.8 Å². The first-order chi connectivity index (χ1) is 14.3. The molecule has 156 valence electrons. The third-order valence-corrected chi connectivity index (χ3v) is 4.49. The first kappa shape index (κ1) is 22.5. The third-order valence-electron chi connectivity index (χ3n) is 4.16. The lowest BCUT2D eigenvalue weighted by atomic mass is 10.1. The molecule has 0 aromatic heterocycles. The number of rotatable bonds is 8. The standard InChI is InChI=1S/C20H19ClN4O5/c1-12(13-4-7-18(29-2)19(8-13)30-3)23-11-14(10-22)20(26)24-17-9-15(25(27)28)5-6-16(17)21/h4-9,11-12,23H,1-3H3,(H,24,26)/b14-11-. The van der Waals surface area contributed by atoms with Gasteiger partial charge in [0.15, 0.2) is 11.5 Å². The average Bonchev–Trinajstić information content (AvgIpc) is 2.74. The van der Waals surface area contributed by atoms with Crippen molar-refractivity contribution in [2.45, 2.75) is 13.0 Å². The highest BCUT2D eigenvalue weighted by Gasteiger charge is 2.16. The van der Waals surface area contributed by atoms with Crippen molar-refractivity contribution in [3.8, 4) is 17.6 Å². The zero-order valence-corrected chi connectivity index (χ0v) is 17.2. The Balaban J connectivity index is 2.16. The number of hydrogen-bond acceptors (Lipinski definition) is 7. The van der Waals surface area contributed by atoms with Crippen LogP contribution in [0.5, 0.6) is 11.5 Å². The number of carbonyl (C=O) groups is 1. The third kappa shape index (κ3) is 5.40. The zero-order chi connectivity index (χ0) is 22.3. The summed E-state index contributed by atoms with van der Waals surface area (Å²) in [7, 11) is 3.06. The zero-order valence-electron chi connectivity index (χ0n) is 16.4. The van der Waals surface area contributed by atoms with Crippen molar-refractivity contribution < 1.29 is 19.2 Å².